The van der Waals surface area contributed by atoms with Crippen LogP contribution in [-0.2, 0) is 25.8 Å². The van der Waals surface area contributed by atoms with Crippen molar-refractivity contribution in [2.75, 3.05) is 0 Å². The van der Waals surface area contributed by atoms with E-state index in [9.17, 15) is 0 Å². The molecule has 98 valence electrons. The van der Waals surface area contributed by atoms with Crippen LogP contribution in [0.25, 0.3) is 0 Å². The van der Waals surface area contributed by atoms with Crippen LogP contribution in [-0.4, -0.2) is 0 Å². The average molecular weight is 269 g/mol. The summed E-state index contributed by atoms with van der Waals surface area (Å²) in [7, 11) is 0. The smallest absolute Gasteiger partial charge is 0.0329 e. The predicted octanol–water partition coefficient (Wildman–Crippen LogP) is 4.01. The largest absolute Gasteiger partial charge is 0.305 e. The van der Waals surface area contributed by atoms with E-state index in [4.69, 9.17) is 0 Å². The van der Waals surface area contributed by atoms with Crippen molar-refractivity contribution < 1.29 is 0 Å². The Labute approximate surface area is 118 Å². The Kier molecular flexibility index (Phi) is 2.93. The molecule has 0 bridgehead atoms. The SMILES string of the molecule is c1ccc2c(c1)CCC2NCc1cc2c(s1)CCC2. The van der Waals surface area contributed by atoms with Gasteiger partial charge in [-0.3, -0.25) is 0 Å². The van der Waals surface area contributed by atoms with Gasteiger partial charge in [0.1, 0.15) is 0 Å². The van der Waals surface area contributed by atoms with Crippen LogP contribution in [0.5, 0.6) is 0 Å². The molecule has 4 rings (SSSR count). The van der Waals surface area contributed by atoms with Crippen LogP contribution < -0.4 is 5.32 Å². The van der Waals surface area contributed by atoms with Crippen molar-refractivity contribution in [3.8, 4) is 0 Å². The number of rotatable bonds is 3. The zero-order valence-electron chi connectivity index (χ0n) is 11.1. The third-order valence-corrected chi connectivity index (χ3v) is 5.69. The molecular formula is C17H19NS. The van der Waals surface area contributed by atoms with Crippen LogP contribution in [0.3, 0.4) is 0 Å². The summed E-state index contributed by atoms with van der Waals surface area (Å²) in [5, 5.41) is 3.75. The van der Waals surface area contributed by atoms with E-state index in [-0.39, 0.29) is 0 Å². The lowest BCUT2D eigenvalue weighted by Gasteiger charge is -2.13. The molecule has 0 saturated heterocycles. The fourth-order valence-electron chi connectivity index (χ4n) is 3.47. The highest BCUT2D eigenvalue weighted by atomic mass is 32.1. The Bertz CT molecular complexity index is 578. The first-order chi connectivity index (χ1) is 9.40. The van der Waals surface area contributed by atoms with E-state index in [1.54, 1.807) is 10.4 Å². The van der Waals surface area contributed by atoms with E-state index >= 15 is 0 Å². The summed E-state index contributed by atoms with van der Waals surface area (Å²) < 4.78 is 0. The molecule has 0 amide bonds. The van der Waals surface area contributed by atoms with Crippen LogP contribution in [0.2, 0.25) is 0 Å². The monoisotopic (exact) mass is 269 g/mol. The normalized spacial score (nSPS) is 20.5. The number of nitrogens with one attached hydrogen (secondary N) is 1. The molecule has 0 saturated carbocycles. The average Bonchev–Trinajstić information content (AvgIpc) is 3.10. The van der Waals surface area contributed by atoms with E-state index in [1.165, 1.54) is 48.1 Å². The molecule has 0 aliphatic heterocycles. The lowest BCUT2D eigenvalue weighted by atomic mass is 10.1. The Balaban J connectivity index is 1.45. The summed E-state index contributed by atoms with van der Waals surface area (Å²) >= 11 is 2.02. The maximum Gasteiger partial charge on any atom is 0.0329 e. The van der Waals surface area contributed by atoms with Gasteiger partial charge in [-0.2, -0.15) is 0 Å². The van der Waals surface area contributed by atoms with Crippen molar-refractivity contribution in [1.82, 2.24) is 5.32 Å². The second-order valence-corrected chi connectivity index (χ2v) is 6.91. The summed E-state index contributed by atoms with van der Waals surface area (Å²) in [6.45, 7) is 1.04. The number of hydrogen-bond donors (Lipinski definition) is 1. The molecule has 1 aromatic heterocycles. The second kappa shape index (κ2) is 4.77. The third kappa shape index (κ3) is 2.13. The maximum atomic E-state index is 3.75. The van der Waals surface area contributed by atoms with Crippen LogP contribution in [0.1, 0.15) is 45.3 Å². The van der Waals surface area contributed by atoms with Gasteiger partial charge in [-0.05, 0) is 54.9 Å². The van der Waals surface area contributed by atoms with Gasteiger partial charge in [-0.1, -0.05) is 24.3 Å². The van der Waals surface area contributed by atoms with E-state index < -0.39 is 0 Å². The first-order valence-corrected chi connectivity index (χ1v) is 8.13. The van der Waals surface area contributed by atoms with Gasteiger partial charge >= 0.3 is 0 Å². The van der Waals surface area contributed by atoms with Gasteiger partial charge in [-0.15, -0.1) is 11.3 Å². The molecule has 1 heterocycles. The zero-order valence-corrected chi connectivity index (χ0v) is 11.9. The predicted molar refractivity (Wildman–Crippen MR) is 80.7 cm³/mol. The Hall–Kier alpha value is -1.12. The number of aryl methyl sites for hydroxylation is 3. The number of thiophene rings is 1. The van der Waals surface area contributed by atoms with Gasteiger partial charge in [0.2, 0.25) is 0 Å². The minimum Gasteiger partial charge on any atom is -0.305 e. The van der Waals surface area contributed by atoms with Gasteiger partial charge < -0.3 is 5.32 Å². The molecule has 1 N–H and O–H groups in total. The highest BCUT2D eigenvalue weighted by Crippen LogP contribution is 2.33. The molecule has 2 heteroatoms. The quantitative estimate of drug-likeness (QED) is 0.887. The van der Waals surface area contributed by atoms with Crippen molar-refractivity contribution in [1.29, 1.82) is 0 Å². The molecule has 0 radical (unpaired) electrons. The summed E-state index contributed by atoms with van der Waals surface area (Å²) in [5.41, 5.74) is 4.67. The van der Waals surface area contributed by atoms with Gasteiger partial charge in [-0.25, -0.2) is 0 Å². The van der Waals surface area contributed by atoms with Crippen LogP contribution in [0.4, 0.5) is 0 Å². The molecule has 0 fully saturated rings. The summed E-state index contributed by atoms with van der Waals surface area (Å²) in [6, 6.07) is 11.9. The van der Waals surface area contributed by atoms with Crippen LogP contribution >= 0.6 is 11.3 Å². The van der Waals surface area contributed by atoms with E-state index in [0.717, 1.165) is 6.54 Å². The molecule has 1 atom stereocenters. The minimum atomic E-state index is 0.563. The third-order valence-electron chi connectivity index (χ3n) is 4.45. The Morgan fingerprint density at radius 1 is 1.11 bits per heavy atom. The fourth-order valence-corrected chi connectivity index (χ4v) is 4.68. The summed E-state index contributed by atoms with van der Waals surface area (Å²) in [6.07, 6.45) is 6.47. The van der Waals surface area contributed by atoms with Crippen molar-refractivity contribution in [2.45, 2.75) is 44.7 Å². The van der Waals surface area contributed by atoms with Gasteiger partial charge in [0.25, 0.3) is 0 Å². The van der Waals surface area contributed by atoms with Crippen LogP contribution in [0.15, 0.2) is 30.3 Å². The van der Waals surface area contributed by atoms with Gasteiger partial charge in [0.15, 0.2) is 0 Å². The van der Waals surface area contributed by atoms with Crippen molar-refractivity contribution >= 4 is 11.3 Å². The first-order valence-electron chi connectivity index (χ1n) is 7.32. The Morgan fingerprint density at radius 3 is 3.00 bits per heavy atom. The van der Waals surface area contributed by atoms with E-state index in [1.807, 2.05) is 11.3 Å². The molecular weight excluding hydrogens is 250 g/mol. The molecule has 1 unspecified atom stereocenters. The van der Waals surface area contributed by atoms with E-state index in [0.29, 0.717) is 6.04 Å². The highest BCUT2D eigenvalue weighted by molar-refractivity contribution is 7.12. The minimum absolute atomic E-state index is 0.563. The van der Waals surface area contributed by atoms with Gasteiger partial charge in [0, 0.05) is 22.3 Å². The molecule has 2 aliphatic rings. The van der Waals surface area contributed by atoms with Crippen molar-refractivity contribution in [2.24, 2.45) is 0 Å². The topological polar surface area (TPSA) is 12.0 Å². The zero-order chi connectivity index (χ0) is 12.7. The number of fused-ring (bicyclic) bond motifs is 2. The van der Waals surface area contributed by atoms with Crippen molar-refractivity contribution in [3.63, 3.8) is 0 Å². The van der Waals surface area contributed by atoms with Gasteiger partial charge in [0.05, 0.1) is 0 Å². The molecule has 19 heavy (non-hydrogen) atoms. The molecule has 1 nitrogen and oxygen atoms in total. The highest BCUT2D eigenvalue weighted by Gasteiger charge is 2.22. The van der Waals surface area contributed by atoms with E-state index in [2.05, 4.69) is 35.6 Å². The molecule has 0 spiro atoms. The molecule has 2 aliphatic carbocycles. The standard InChI is InChI=1S/C17H19NS/c1-2-6-15-12(4-1)8-9-16(15)18-11-14-10-13-5-3-7-17(13)19-14/h1-2,4,6,10,16,18H,3,5,7-9,11H2. The molecule has 1 aromatic carbocycles. The first kappa shape index (κ1) is 11.7. The fraction of sp³-hybridized carbons (Fsp3) is 0.412. The lowest BCUT2D eigenvalue weighted by Crippen LogP contribution is -2.17. The number of benzene rings is 1. The maximum absolute atomic E-state index is 3.75. The van der Waals surface area contributed by atoms with Crippen LogP contribution in [0, 0.1) is 0 Å². The summed E-state index contributed by atoms with van der Waals surface area (Å²) in [5.74, 6) is 0. The Morgan fingerprint density at radius 2 is 2.05 bits per heavy atom. The van der Waals surface area contributed by atoms with Crippen molar-refractivity contribution in [3.05, 3.63) is 56.8 Å². The molecule has 2 aromatic rings. The number of hydrogen-bond acceptors (Lipinski definition) is 2. The second-order valence-electron chi connectivity index (χ2n) is 5.69. The lowest BCUT2D eigenvalue weighted by molar-refractivity contribution is 0.533. The summed E-state index contributed by atoms with van der Waals surface area (Å²) in [4.78, 5) is 3.16.